The van der Waals surface area contributed by atoms with Gasteiger partial charge in [-0.2, -0.15) is 0 Å². The van der Waals surface area contributed by atoms with Gasteiger partial charge < -0.3 is 15.0 Å². The van der Waals surface area contributed by atoms with Crippen LogP contribution in [0.3, 0.4) is 0 Å². The van der Waals surface area contributed by atoms with Crippen molar-refractivity contribution in [3.8, 4) is 0 Å². The summed E-state index contributed by atoms with van der Waals surface area (Å²) in [5.41, 5.74) is 3.45. The smallest absolute Gasteiger partial charge is 0.306 e. The summed E-state index contributed by atoms with van der Waals surface area (Å²) in [7, 11) is 0. The number of fused-ring (bicyclic) bond motifs is 2. The Morgan fingerprint density at radius 1 is 0.939 bits per heavy atom. The van der Waals surface area contributed by atoms with E-state index in [1.165, 1.54) is 0 Å². The van der Waals surface area contributed by atoms with Crippen LogP contribution in [0.4, 0.5) is 0 Å². The van der Waals surface area contributed by atoms with E-state index in [-0.39, 0.29) is 11.8 Å². The van der Waals surface area contributed by atoms with Gasteiger partial charge in [0.25, 0.3) is 5.91 Å². The average Bonchev–Trinajstić information content (AvgIpc) is 3.21. The summed E-state index contributed by atoms with van der Waals surface area (Å²) in [6.07, 6.45) is 3.04. The number of carbonyl (C=O) groups excluding carboxylic acids is 1. The van der Waals surface area contributed by atoms with Crippen molar-refractivity contribution in [2.45, 2.75) is 32.2 Å². The van der Waals surface area contributed by atoms with Gasteiger partial charge in [-0.05, 0) is 55.9 Å². The Hall–Kier alpha value is -3.67. The molecule has 0 bridgehead atoms. The van der Waals surface area contributed by atoms with Crippen LogP contribution < -0.4 is 5.32 Å². The summed E-state index contributed by atoms with van der Waals surface area (Å²) in [6, 6.07) is 22.0. The van der Waals surface area contributed by atoms with Gasteiger partial charge in [0.05, 0.1) is 23.7 Å². The molecule has 2 aromatic heterocycles. The molecule has 2 heterocycles. The van der Waals surface area contributed by atoms with E-state index in [2.05, 4.69) is 11.4 Å². The van der Waals surface area contributed by atoms with Gasteiger partial charge in [-0.1, -0.05) is 42.5 Å². The zero-order valence-corrected chi connectivity index (χ0v) is 18.4. The van der Waals surface area contributed by atoms with Crippen LogP contribution in [0.5, 0.6) is 0 Å². The van der Waals surface area contributed by atoms with Crippen LogP contribution in [0.15, 0.2) is 66.7 Å². The first-order valence-corrected chi connectivity index (χ1v) is 11.5. The Balaban J connectivity index is 1.36. The van der Waals surface area contributed by atoms with Gasteiger partial charge in [0.15, 0.2) is 0 Å². The van der Waals surface area contributed by atoms with Crippen LogP contribution >= 0.6 is 0 Å². The maximum Gasteiger partial charge on any atom is 0.306 e. The Labute approximate surface area is 192 Å². The van der Waals surface area contributed by atoms with Crippen molar-refractivity contribution in [2.75, 3.05) is 6.54 Å². The minimum Gasteiger partial charge on any atom is -0.481 e. The number of hydrogen-bond donors (Lipinski definition) is 2. The van der Waals surface area contributed by atoms with Crippen molar-refractivity contribution in [1.82, 2.24) is 14.9 Å². The zero-order chi connectivity index (χ0) is 22.8. The second kappa shape index (κ2) is 9.06. The molecule has 0 unspecified atom stereocenters. The number of aliphatic carboxylic acids is 1. The van der Waals surface area contributed by atoms with Gasteiger partial charge >= 0.3 is 5.97 Å². The van der Waals surface area contributed by atoms with E-state index < -0.39 is 5.97 Å². The number of benzene rings is 2. The molecule has 1 aliphatic rings. The summed E-state index contributed by atoms with van der Waals surface area (Å²) in [5.74, 6) is -0.727. The van der Waals surface area contributed by atoms with Crippen molar-refractivity contribution < 1.29 is 14.7 Å². The Kier molecular flexibility index (Phi) is 5.82. The Morgan fingerprint density at radius 3 is 2.45 bits per heavy atom. The standard InChI is InChI=1S/C27H27N3O3/c31-26(28-16-18-9-11-20(12-10-18)27(32)33)25-15-21-6-2-4-8-24(21)30(25)17-22-14-13-19-5-1-3-7-23(19)29-22/h1-8,13-15,18,20H,9-12,16-17H2,(H,28,31)(H,32,33)/t18-,20-. The largest absolute Gasteiger partial charge is 0.481 e. The Morgan fingerprint density at radius 2 is 1.67 bits per heavy atom. The molecule has 168 valence electrons. The fourth-order valence-electron chi connectivity index (χ4n) is 4.87. The van der Waals surface area contributed by atoms with E-state index in [1.54, 1.807) is 0 Å². The first-order valence-electron chi connectivity index (χ1n) is 11.5. The second-order valence-electron chi connectivity index (χ2n) is 8.94. The van der Waals surface area contributed by atoms with Crippen LogP contribution in [0.1, 0.15) is 41.9 Å². The highest BCUT2D eigenvalue weighted by Crippen LogP contribution is 2.29. The van der Waals surface area contributed by atoms with Crippen molar-refractivity contribution in [1.29, 1.82) is 0 Å². The summed E-state index contributed by atoms with van der Waals surface area (Å²) in [6.45, 7) is 1.08. The number of aromatic nitrogens is 2. The molecule has 0 radical (unpaired) electrons. The van der Waals surface area contributed by atoms with Gasteiger partial charge in [0.2, 0.25) is 0 Å². The van der Waals surface area contributed by atoms with E-state index in [9.17, 15) is 14.7 Å². The quantitative estimate of drug-likeness (QED) is 0.448. The van der Waals surface area contributed by atoms with E-state index in [0.29, 0.717) is 37.5 Å². The summed E-state index contributed by atoms with van der Waals surface area (Å²) >= 11 is 0. The summed E-state index contributed by atoms with van der Waals surface area (Å²) in [4.78, 5) is 29.2. The van der Waals surface area contributed by atoms with Gasteiger partial charge in [0.1, 0.15) is 5.69 Å². The minimum atomic E-state index is -0.704. The van der Waals surface area contributed by atoms with Crippen LogP contribution in [0.2, 0.25) is 0 Å². The third-order valence-electron chi connectivity index (χ3n) is 6.77. The first kappa shape index (κ1) is 21.2. The number of pyridine rings is 1. The average molecular weight is 442 g/mol. The van der Waals surface area contributed by atoms with Crippen molar-refractivity contribution in [2.24, 2.45) is 11.8 Å². The second-order valence-corrected chi connectivity index (χ2v) is 8.94. The molecular weight excluding hydrogens is 414 g/mol. The number of carboxylic acid groups (broad SMARTS) is 1. The summed E-state index contributed by atoms with van der Waals surface area (Å²) in [5, 5.41) is 14.4. The number of nitrogens with one attached hydrogen (secondary N) is 1. The molecule has 6 nitrogen and oxygen atoms in total. The summed E-state index contributed by atoms with van der Waals surface area (Å²) < 4.78 is 2.03. The molecule has 0 saturated heterocycles. The monoisotopic (exact) mass is 441 g/mol. The van der Waals surface area contributed by atoms with E-state index in [4.69, 9.17) is 4.98 Å². The maximum atomic E-state index is 13.2. The number of carboxylic acids is 1. The number of nitrogens with zero attached hydrogens (tertiary/aromatic N) is 2. The third-order valence-corrected chi connectivity index (χ3v) is 6.77. The number of amides is 1. The molecule has 0 spiro atoms. The van der Waals surface area contributed by atoms with Crippen LogP contribution in [-0.2, 0) is 11.3 Å². The van der Waals surface area contributed by atoms with Crippen molar-refractivity contribution in [3.05, 3.63) is 78.1 Å². The molecule has 0 aliphatic heterocycles. The molecule has 1 amide bonds. The van der Waals surface area contributed by atoms with E-state index in [0.717, 1.165) is 40.3 Å². The lowest BCUT2D eigenvalue weighted by Gasteiger charge is -2.26. The lowest BCUT2D eigenvalue weighted by atomic mass is 9.82. The van der Waals surface area contributed by atoms with Crippen LogP contribution in [0, 0.1) is 11.8 Å². The topological polar surface area (TPSA) is 84.2 Å². The van der Waals surface area contributed by atoms with E-state index in [1.807, 2.05) is 65.2 Å². The highest BCUT2D eigenvalue weighted by Gasteiger charge is 2.26. The maximum absolute atomic E-state index is 13.2. The Bertz CT molecular complexity index is 1320. The highest BCUT2D eigenvalue weighted by molar-refractivity contribution is 5.98. The normalized spacial score (nSPS) is 18.4. The van der Waals surface area contributed by atoms with Crippen LogP contribution in [0.25, 0.3) is 21.8 Å². The lowest BCUT2D eigenvalue weighted by Crippen LogP contribution is -2.33. The van der Waals surface area contributed by atoms with Gasteiger partial charge in [-0.25, -0.2) is 0 Å². The molecule has 2 N–H and O–H groups in total. The van der Waals surface area contributed by atoms with Crippen molar-refractivity contribution >= 4 is 33.7 Å². The molecule has 2 aromatic carbocycles. The molecule has 4 aromatic rings. The first-order chi connectivity index (χ1) is 16.1. The number of carbonyl (C=O) groups is 2. The lowest BCUT2D eigenvalue weighted by molar-refractivity contribution is -0.143. The van der Waals surface area contributed by atoms with E-state index >= 15 is 0 Å². The fraction of sp³-hybridized carbons (Fsp3) is 0.296. The molecule has 5 rings (SSSR count). The molecule has 33 heavy (non-hydrogen) atoms. The van der Waals surface area contributed by atoms with Gasteiger partial charge in [0, 0.05) is 22.8 Å². The number of para-hydroxylation sites is 2. The molecule has 1 saturated carbocycles. The predicted octanol–water partition coefficient (Wildman–Crippen LogP) is 4.86. The molecule has 1 aliphatic carbocycles. The number of hydrogen-bond acceptors (Lipinski definition) is 3. The SMILES string of the molecule is O=C(NC[C@H]1CC[C@H](C(=O)O)CC1)c1cc2ccccc2n1Cc1ccc2ccccc2n1. The van der Waals surface area contributed by atoms with Gasteiger partial charge in [-0.3, -0.25) is 14.6 Å². The van der Waals surface area contributed by atoms with Crippen LogP contribution in [-0.4, -0.2) is 33.1 Å². The third kappa shape index (κ3) is 4.46. The predicted molar refractivity (Wildman–Crippen MR) is 128 cm³/mol. The highest BCUT2D eigenvalue weighted by atomic mass is 16.4. The molecular formula is C27H27N3O3. The van der Waals surface area contributed by atoms with Crippen molar-refractivity contribution in [3.63, 3.8) is 0 Å². The van der Waals surface area contributed by atoms with Gasteiger partial charge in [-0.15, -0.1) is 0 Å². The molecule has 1 fully saturated rings. The zero-order valence-electron chi connectivity index (χ0n) is 18.4. The molecule has 6 heteroatoms. The minimum absolute atomic E-state index is 0.104. The number of rotatable bonds is 6. The fourth-order valence-corrected chi connectivity index (χ4v) is 4.87. The molecule has 0 atom stereocenters.